The minimum atomic E-state index is -0.193. The molecule has 2 aromatic heterocycles. The molecule has 0 saturated heterocycles. The number of aromatic nitrogens is 3. The van der Waals surface area contributed by atoms with Crippen LogP contribution < -0.4 is 14.8 Å². The number of hydrogen-bond donors (Lipinski definition) is 1. The van der Waals surface area contributed by atoms with Gasteiger partial charge in [-0.05, 0) is 37.3 Å². The summed E-state index contributed by atoms with van der Waals surface area (Å²) in [4.78, 5) is 17.4. The number of carbonyl (C=O) groups excluding carboxylic acids is 1. The molecule has 152 valence electrons. The van der Waals surface area contributed by atoms with Gasteiger partial charge in [-0.3, -0.25) is 4.79 Å². The van der Waals surface area contributed by atoms with Crippen molar-refractivity contribution in [2.45, 2.75) is 19.3 Å². The van der Waals surface area contributed by atoms with Crippen LogP contribution in [0.25, 0.3) is 15.3 Å². The Balaban J connectivity index is 1.69. The van der Waals surface area contributed by atoms with Gasteiger partial charge in [0.1, 0.15) is 17.3 Å². The summed E-state index contributed by atoms with van der Waals surface area (Å²) in [6.07, 6.45) is 0.308. The van der Waals surface area contributed by atoms with Gasteiger partial charge in [0.2, 0.25) is 11.0 Å². The van der Waals surface area contributed by atoms with Gasteiger partial charge in [-0.25, -0.2) is 4.98 Å². The highest BCUT2D eigenvalue weighted by Crippen LogP contribution is 2.44. The summed E-state index contributed by atoms with van der Waals surface area (Å²) in [7, 11) is 3.26. The van der Waals surface area contributed by atoms with Crippen molar-refractivity contribution in [3.63, 3.8) is 0 Å². The van der Waals surface area contributed by atoms with Gasteiger partial charge < -0.3 is 14.8 Å². The molecule has 0 fully saturated rings. The molecule has 5 rings (SSSR count). The Bertz CT molecular complexity index is 1240. The molecule has 8 heteroatoms. The minimum absolute atomic E-state index is 0.0698. The van der Waals surface area contributed by atoms with Crippen LogP contribution in [0.1, 0.15) is 29.2 Å². The first-order valence-corrected chi connectivity index (χ1v) is 10.4. The summed E-state index contributed by atoms with van der Waals surface area (Å²) in [5.74, 6) is 1.84. The topological polar surface area (TPSA) is 78.3 Å². The second-order valence-electron chi connectivity index (χ2n) is 7.14. The van der Waals surface area contributed by atoms with Crippen molar-refractivity contribution >= 4 is 33.3 Å². The van der Waals surface area contributed by atoms with Crippen LogP contribution in [0.3, 0.4) is 0 Å². The molecule has 1 amide bonds. The van der Waals surface area contributed by atoms with Crippen molar-refractivity contribution in [2.75, 3.05) is 19.5 Å². The number of anilines is 1. The van der Waals surface area contributed by atoms with E-state index in [0.717, 1.165) is 37.9 Å². The molecule has 0 aliphatic carbocycles. The van der Waals surface area contributed by atoms with E-state index in [9.17, 15) is 4.79 Å². The Morgan fingerprint density at radius 1 is 1.17 bits per heavy atom. The van der Waals surface area contributed by atoms with Crippen LogP contribution in [0.2, 0.25) is 0 Å². The number of hydrogen-bond acceptors (Lipinski definition) is 6. The van der Waals surface area contributed by atoms with E-state index in [2.05, 4.69) is 5.32 Å². The summed E-state index contributed by atoms with van der Waals surface area (Å²) in [5.41, 5.74) is 3.63. The van der Waals surface area contributed by atoms with Crippen LogP contribution in [-0.2, 0) is 4.79 Å². The van der Waals surface area contributed by atoms with Gasteiger partial charge >= 0.3 is 0 Å². The molecule has 0 bridgehead atoms. The average molecular weight is 420 g/mol. The van der Waals surface area contributed by atoms with Crippen molar-refractivity contribution in [3.05, 3.63) is 59.3 Å². The molecule has 2 aromatic carbocycles. The Hall–Kier alpha value is -3.39. The van der Waals surface area contributed by atoms with E-state index in [4.69, 9.17) is 19.6 Å². The molecule has 0 spiro atoms. The van der Waals surface area contributed by atoms with Crippen molar-refractivity contribution in [2.24, 2.45) is 0 Å². The monoisotopic (exact) mass is 420 g/mol. The Morgan fingerprint density at radius 3 is 2.77 bits per heavy atom. The molecule has 1 N–H and O–H groups in total. The lowest BCUT2D eigenvalue weighted by Gasteiger charge is -2.25. The van der Waals surface area contributed by atoms with Crippen molar-refractivity contribution in [1.82, 2.24) is 14.8 Å². The molecule has 30 heavy (non-hydrogen) atoms. The van der Waals surface area contributed by atoms with Crippen molar-refractivity contribution < 1.29 is 14.3 Å². The van der Waals surface area contributed by atoms with Crippen LogP contribution in [0.5, 0.6) is 11.5 Å². The number of methoxy groups -OCH3 is 2. The number of thiazole rings is 1. The quantitative estimate of drug-likeness (QED) is 0.533. The molecule has 4 aromatic rings. The predicted octanol–water partition coefficient (Wildman–Crippen LogP) is 4.28. The second-order valence-corrected chi connectivity index (χ2v) is 8.15. The van der Waals surface area contributed by atoms with Gasteiger partial charge in [0.25, 0.3) is 0 Å². The van der Waals surface area contributed by atoms with E-state index in [1.165, 1.54) is 0 Å². The zero-order valence-electron chi connectivity index (χ0n) is 16.8. The number of fused-ring (bicyclic) bond motifs is 2. The van der Waals surface area contributed by atoms with Gasteiger partial charge in [-0.15, -0.1) is 0 Å². The van der Waals surface area contributed by atoms with E-state index in [1.54, 1.807) is 30.2 Å². The minimum Gasteiger partial charge on any atom is -0.497 e. The van der Waals surface area contributed by atoms with Gasteiger partial charge in [-0.1, -0.05) is 23.5 Å². The molecule has 1 aliphatic rings. The van der Waals surface area contributed by atoms with Crippen LogP contribution in [0.4, 0.5) is 5.82 Å². The number of benzene rings is 2. The highest BCUT2D eigenvalue weighted by atomic mass is 32.1. The Kier molecular flexibility index (Phi) is 4.43. The fourth-order valence-electron chi connectivity index (χ4n) is 4.01. The van der Waals surface area contributed by atoms with Gasteiger partial charge in [0.05, 0.1) is 30.1 Å². The molecular weight excluding hydrogens is 400 g/mol. The molecule has 3 heterocycles. The summed E-state index contributed by atoms with van der Waals surface area (Å²) < 4.78 is 13.8. The first-order valence-electron chi connectivity index (χ1n) is 9.56. The third-order valence-corrected chi connectivity index (χ3v) is 6.39. The fourth-order valence-corrected chi connectivity index (χ4v) is 4.94. The van der Waals surface area contributed by atoms with Crippen LogP contribution >= 0.6 is 11.3 Å². The van der Waals surface area contributed by atoms with Gasteiger partial charge in [0, 0.05) is 23.5 Å². The average Bonchev–Trinajstić information content (AvgIpc) is 3.33. The molecule has 0 radical (unpaired) electrons. The Labute approximate surface area is 177 Å². The zero-order valence-corrected chi connectivity index (χ0v) is 17.6. The molecule has 0 unspecified atom stereocenters. The number of rotatable bonds is 4. The number of ether oxygens (including phenoxy) is 2. The van der Waals surface area contributed by atoms with Crippen LogP contribution in [-0.4, -0.2) is 34.9 Å². The molecule has 1 atom stereocenters. The van der Waals surface area contributed by atoms with Crippen LogP contribution in [0, 0.1) is 6.92 Å². The van der Waals surface area contributed by atoms with Crippen LogP contribution in [0.15, 0.2) is 42.5 Å². The highest BCUT2D eigenvalue weighted by molar-refractivity contribution is 7.20. The van der Waals surface area contributed by atoms with E-state index in [-0.39, 0.29) is 11.8 Å². The highest BCUT2D eigenvalue weighted by Gasteiger charge is 2.35. The Morgan fingerprint density at radius 2 is 2.00 bits per heavy atom. The molecular formula is C22H20N4O3S. The summed E-state index contributed by atoms with van der Waals surface area (Å²) in [6.45, 7) is 1.96. The van der Waals surface area contributed by atoms with E-state index in [1.807, 2.05) is 49.4 Å². The lowest BCUT2D eigenvalue weighted by atomic mass is 9.85. The molecule has 1 aliphatic heterocycles. The third-order valence-electron chi connectivity index (χ3n) is 5.38. The lowest BCUT2D eigenvalue weighted by Crippen LogP contribution is -2.25. The first-order chi connectivity index (χ1) is 14.6. The van der Waals surface area contributed by atoms with Crippen molar-refractivity contribution in [1.29, 1.82) is 0 Å². The number of nitrogens with zero attached hydrogens (tertiary/aromatic N) is 3. The van der Waals surface area contributed by atoms with E-state index in [0.29, 0.717) is 18.0 Å². The third kappa shape index (κ3) is 2.91. The number of aryl methyl sites for hydroxylation is 1. The maximum atomic E-state index is 12.7. The second kappa shape index (κ2) is 7.14. The number of para-hydroxylation sites is 1. The normalized spacial score (nSPS) is 15.7. The largest absolute Gasteiger partial charge is 0.497 e. The lowest BCUT2D eigenvalue weighted by molar-refractivity contribution is -0.116. The van der Waals surface area contributed by atoms with Gasteiger partial charge in [0.15, 0.2) is 0 Å². The summed E-state index contributed by atoms with van der Waals surface area (Å²) in [5, 5.41) is 8.48. The molecule has 0 saturated carbocycles. The predicted molar refractivity (Wildman–Crippen MR) is 116 cm³/mol. The first kappa shape index (κ1) is 18.6. The SMILES string of the molecule is COc1ccc(OC)c([C@@H]2CC(=O)Nc3c2c(C)nn3-c2nc3ccccc3s2)c1. The summed E-state index contributed by atoms with van der Waals surface area (Å²) >= 11 is 1.54. The fraction of sp³-hybridized carbons (Fsp3) is 0.227. The molecule has 7 nitrogen and oxygen atoms in total. The number of nitrogens with one attached hydrogen (secondary N) is 1. The van der Waals surface area contributed by atoms with E-state index < -0.39 is 0 Å². The summed E-state index contributed by atoms with van der Waals surface area (Å²) in [6, 6.07) is 13.6. The standard InChI is InChI=1S/C22H20N4O3S/c1-12-20-15(14-10-13(28-2)8-9-17(14)29-3)11-19(27)24-21(20)26(25-12)22-23-16-6-4-5-7-18(16)30-22/h4-10,15H,11H2,1-3H3,(H,24,27)/t15-/m0/s1. The number of amides is 1. The van der Waals surface area contributed by atoms with E-state index >= 15 is 0 Å². The maximum absolute atomic E-state index is 12.7. The maximum Gasteiger partial charge on any atom is 0.226 e. The number of carbonyl (C=O) groups is 1. The smallest absolute Gasteiger partial charge is 0.226 e. The van der Waals surface area contributed by atoms with Crippen molar-refractivity contribution in [3.8, 4) is 16.6 Å². The van der Waals surface area contributed by atoms with Gasteiger partial charge in [-0.2, -0.15) is 9.78 Å². The zero-order chi connectivity index (χ0) is 20.8.